The molecule has 0 radical (unpaired) electrons. The SMILES string of the molecule is C/C(=C\C(C)C(C)/C(C)=C/CC(C)C(C)C)C(C)C. The van der Waals surface area contributed by atoms with Gasteiger partial charge >= 0.3 is 0 Å². The van der Waals surface area contributed by atoms with E-state index in [1.807, 2.05) is 0 Å². The molecule has 0 heteroatoms. The minimum absolute atomic E-state index is 0.632. The van der Waals surface area contributed by atoms with Crippen molar-refractivity contribution in [3.8, 4) is 0 Å². The van der Waals surface area contributed by atoms with Crippen LogP contribution in [0.5, 0.6) is 0 Å². The van der Waals surface area contributed by atoms with Crippen LogP contribution in [-0.2, 0) is 0 Å². The standard InChI is InChI=1S/C19H36/c1-13(2)15(5)10-11-16(6)19(9)18(8)12-17(7)14(3)4/h11-15,18-19H,10H2,1-9H3/b16-11+,17-12+. The van der Waals surface area contributed by atoms with Crippen LogP contribution in [0.15, 0.2) is 23.3 Å². The number of allylic oxidation sites excluding steroid dienone is 4. The first kappa shape index (κ1) is 18.5. The number of hydrogen-bond donors (Lipinski definition) is 0. The molecular weight excluding hydrogens is 228 g/mol. The first-order valence-electron chi connectivity index (χ1n) is 8.01. The van der Waals surface area contributed by atoms with Gasteiger partial charge in [-0.3, -0.25) is 0 Å². The molecule has 0 aliphatic rings. The van der Waals surface area contributed by atoms with E-state index in [9.17, 15) is 0 Å². The zero-order chi connectivity index (χ0) is 15.2. The Morgan fingerprint density at radius 3 is 1.79 bits per heavy atom. The molecule has 112 valence electrons. The maximum atomic E-state index is 2.46. The Bertz CT molecular complexity index is 304. The third-order valence-corrected chi connectivity index (χ3v) is 4.89. The molecule has 0 aromatic heterocycles. The van der Waals surface area contributed by atoms with E-state index in [4.69, 9.17) is 0 Å². The van der Waals surface area contributed by atoms with Crippen LogP contribution in [0.25, 0.3) is 0 Å². The zero-order valence-electron chi connectivity index (χ0n) is 14.7. The van der Waals surface area contributed by atoms with Gasteiger partial charge in [-0.2, -0.15) is 0 Å². The number of rotatable bonds is 7. The van der Waals surface area contributed by atoms with Gasteiger partial charge in [0.25, 0.3) is 0 Å². The van der Waals surface area contributed by atoms with Crippen molar-refractivity contribution in [1.82, 2.24) is 0 Å². The fraction of sp³-hybridized carbons (Fsp3) is 0.789. The van der Waals surface area contributed by atoms with Gasteiger partial charge in [-0.05, 0) is 49.9 Å². The molecule has 0 aliphatic carbocycles. The van der Waals surface area contributed by atoms with Gasteiger partial charge in [0.1, 0.15) is 0 Å². The van der Waals surface area contributed by atoms with Crippen LogP contribution >= 0.6 is 0 Å². The van der Waals surface area contributed by atoms with Crippen molar-refractivity contribution < 1.29 is 0 Å². The zero-order valence-corrected chi connectivity index (χ0v) is 14.7. The maximum Gasteiger partial charge on any atom is -0.0174 e. The summed E-state index contributed by atoms with van der Waals surface area (Å²) in [4.78, 5) is 0. The van der Waals surface area contributed by atoms with E-state index in [-0.39, 0.29) is 0 Å². The Balaban J connectivity index is 4.59. The van der Waals surface area contributed by atoms with Crippen LogP contribution in [-0.4, -0.2) is 0 Å². The van der Waals surface area contributed by atoms with Crippen LogP contribution in [0.2, 0.25) is 0 Å². The highest BCUT2D eigenvalue weighted by molar-refractivity contribution is 5.11. The highest BCUT2D eigenvalue weighted by Gasteiger charge is 2.13. The molecule has 0 N–H and O–H groups in total. The summed E-state index contributed by atoms with van der Waals surface area (Å²) in [6.07, 6.45) is 6.14. The van der Waals surface area contributed by atoms with Gasteiger partial charge in [0.15, 0.2) is 0 Å². The molecule has 0 fully saturated rings. The second-order valence-corrected chi connectivity index (χ2v) is 7.12. The van der Waals surface area contributed by atoms with E-state index >= 15 is 0 Å². The molecule has 0 aliphatic heterocycles. The Kier molecular flexibility index (Phi) is 8.38. The van der Waals surface area contributed by atoms with Crippen molar-refractivity contribution in [2.75, 3.05) is 0 Å². The number of hydrogen-bond acceptors (Lipinski definition) is 0. The van der Waals surface area contributed by atoms with Gasteiger partial charge in [0.05, 0.1) is 0 Å². The molecule has 0 heterocycles. The molecule has 0 bridgehead atoms. The highest BCUT2D eigenvalue weighted by atomic mass is 14.2. The van der Waals surface area contributed by atoms with Crippen molar-refractivity contribution in [2.24, 2.45) is 29.6 Å². The van der Waals surface area contributed by atoms with Crippen LogP contribution in [0, 0.1) is 29.6 Å². The fourth-order valence-corrected chi connectivity index (χ4v) is 2.00. The summed E-state index contributed by atoms with van der Waals surface area (Å²) in [6, 6.07) is 0. The summed E-state index contributed by atoms with van der Waals surface area (Å²) in [5.41, 5.74) is 3.07. The predicted octanol–water partition coefficient (Wildman–Crippen LogP) is 6.49. The maximum absolute atomic E-state index is 2.46. The van der Waals surface area contributed by atoms with Crippen molar-refractivity contribution in [3.05, 3.63) is 23.3 Å². The monoisotopic (exact) mass is 264 g/mol. The van der Waals surface area contributed by atoms with E-state index in [0.717, 1.165) is 11.8 Å². The van der Waals surface area contributed by atoms with E-state index in [0.29, 0.717) is 17.8 Å². The Labute approximate surface area is 122 Å². The summed E-state index contributed by atoms with van der Waals surface area (Å²) in [5, 5.41) is 0. The molecule has 0 aromatic rings. The first-order chi connectivity index (χ1) is 8.66. The smallest absolute Gasteiger partial charge is 0.0174 e. The molecule has 19 heavy (non-hydrogen) atoms. The molecule has 0 nitrogen and oxygen atoms in total. The average molecular weight is 264 g/mol. The largest absolute Gasteiger partial charge is 0.0850 e. The van der Waals surface area contributed by atoms with Gasteiger partial charge in [0, 0.05) is 0 Å². The summed E-state index contributed by atoms with van der Waals surface area (Å²) < 4.78 is 0. The normalized spacial score (nSPS) is 18.9. The first-order valence-corrected chi connectivity index (χ1v) is 8.01. The Morgan fingerprint density at radius 1 is 0.842 bits per heavy atom. The van der Waals surface area contributed by atoms with Gasteiger partial charge in [-0.15, -0.1) is 0 Å². The minimum atomic E-state index is 0.632. The fourth-order valence-electron chi connectivity index (χ4n) is 2.00. The van der Waals surface area contributed by atoms with E-state index in [1.165, 1.54) is 12.0 Å². The van der Waals surface area contributed by atoms with Crippen molar-refractivity contribution in [2.45, 2.75) is 68.7 Å². The summed E-state index contributed by atoms with van der Waals surface area (Å²) >= 11 is 0. The Hall–Kier alpha value is -0.520. The van der Waals surface area contributed by atoms with Crippen molar-refractivity contribution in [3.63, 3.8) is 0 Å². The average Bonchev–Trinajstić information content (AvgIpc) is 2.33. The van der Waals surface area contributed by atoms with E-state index < -0.39 is 0 Å². The van der Waals surface area contributed by atoms with E-state index in [1.54, 1.807) is 5.57 Å². The van der Waals surface area contributed by atoms with Crippen LogP contribution in [0.3, 0.4) is 0 Å². The van der Waals surface area contributed by atoms with Gasteiger partial charge in [-0.1, -0.05) is 71.8 Å². The highest BCUT2D eigenvalue weighted by Crippen LogP contribution is 2.25. The lowest BCUT2D eigenvalue weighted by atomic mass is 9.85. The predicted molar refractivity (Wildman–Crippen MR) is 89.3 cm³/mol. The summed E-state index contributed by atoms with van der Waals surface area (Å²) in [7, 11) is 0. The van der Waals surface area contributed by atoms with E-state index in [2.05, 4.69) is 74.5 Å². The molecule has 0 aromatic carbocycles. The Morgan fingerprint density at radius 2 is 1.37 bits per heavy atom. The molecule has 0 saturated carbocycles. The van der Waals surface area contributed by atoms with Crippen LogP contribution in [0.1, 0.15) is 68.7 Å². The third kappa shape index (κ3) is 6.99. The van der Waals surface area contributed by atoms with Crippen LogP contribution < -0.4 is 0 Å². The third-order valence-electron chi connectivity index (χ3n) is 4.89. The van der Waals surface area contributed by atoms with Gasteiger partial charge < -0.3 is 0 Å². The lowest BCUT2D eigenvalue weighted by Gasteiger charge is -2.21. The summed E-state index contributed by atoms with van der Waals surface area (Å²) in [6.45, 7) is 20.8. The second kappa shape index (κ2) is 8.61. The molecule has 0 amide bonds. The van der Waals surface area contributed by atoms with Gasteiger partial charge in [0.2, 0.25) is 0 Å². The molecule has 3 unspecified atom stereocenters. The van der Waals surface area contributed by atoms with Crippen LogP contribution in [0.4, 0.5) is 0 Å². The molecular formula is C19H36. The van der Waals surface area contributed by atoms with Crippen molar-refractivity contribution in [1.29, 1.82) is 0 Å². The quantitative estimate of drug-likeness (QED) is 0.461. The van der Waals surface area contributed by atoms with Crippen molar-refractivity contribution >= 4 is 0 Å². The molecule has 0 rings (SSSR count). The summed E-state index contributed by atoms with van der Waals surface area (Å²) in [5.74, 6) is 3.51. The lowest BCUT2D eigenvalue weighted by Crippen LogP contribution is -2.09. The second-order valence-electron chi connectivity index (χ2n) is 7.12. The molecule has 0 saturated heterocycles. The molecule has 0 spiro atoms. The molecule has 3 atom stereocenters. The lowest BCUT2D eigenvalue weighted by molar-refractivity contribution is 0.420. The van der Waals surface area contributed by atoms with Gasteiger partial charge in [-0.25, -0.2) is 0 Å². The topological polar surface area (TPSA) is 0 Å². The minimum Gasteiger partial charge on any atom is -0.0850 e.